The van der Waals surface area contributed by atoms with Crippen LogP contribution >= 0.6 is 11.6 Å². The number of ether oxygens (including phenoxy) is 2. The van der Waals surface area contributed by atoms with Crippen molar-refractivity contribution < 1.29 is 23.5 Å². The maximum absolute atomic E-state index is 14.1. The summed E-state index contributed by atoms with van der Waals surface area (Å²) in [5, 5.41) is 2.71. The maximum atomic E-state index is 14.1. The Hall–Kier alpha value is -1.93. The lowest BCUT2D eigenvalue weighted by Crippen LogP contribution is -2.48. The monoisotopic (exact) mass is 403 g/mol. The zero-order valence-corrected chi connectivity index (χ0v) is 17.5. The van der Waals surface area contributed by atoms with Crippen molar-refractivity contribution >= 4 is 29.4 Å². The van der Waals surface area contributed by atoms with Gasteiger partial charge in [0.1, 0.15) is 0 Å². The molecule has 0 bridgehead atoms. The average molecular weight is 404 g/mol. The molecule has 7 nitrogen and oxygen atoms in total. The molecule has 1 N–H and O–H groups in total. The van der Waals surface area contributed by atoms with E-state index in [-0.39, 0.29) is 17.4 Å². The van der Waals surface area contributed by atoms with Gasteiger partial charge in [-0.1, -0.05) is 11.6 Å². The van der Waals surface area contributed by atoms with Crippen LogP contribution in [0.1, 0.15) is 41.5 Å². The first-order valence-corrected chi connectivity index (χ1v) is 8.79. The first-order valence-electron chi connectivity index (χ1n) is 8.41. The minimum atomic E-state index is -1.28. The molecular weight excluding hydrogens is 377 g/mol. The molecule has 1 aromatic rings. The van der Waals surface area contributed by atoms with Gasteiger partial charge < -0.3 is 14.8 Å². The van der Waals surface area contributed by atoms with E-state index in [1.807, 2.05) is 0 Å². The van der Waals surface area contributed by atoms with Gasteiger partial charge in [0.05, 0.1) is 17.2 Å². The van der Waals surface area contributed by atoms with Crippen LogP contribution in [-0.4, -0.2) is 47.9 Å². The Bertz CT molecular complexity index is 686. The number of pyridine rings is 1. The number of carbonyl (C=O) groups excluding carboxylic acids is 2. The van der Waals surface area contributed by atoms with E-state index in [4.69, 9.17) is 21.1 Å². The SMILES string of the molecule is CN(C(=O)[C@H](COC(C)(C)C)OC(=O)NC(C)(C)C)c1ncc(Cl)cc1F. The number of carbonyl (C=O) groups is 2. The van der Waals surface area contributed by atoms with Gasteiger partial charge in [0.25, 0.3) is 5.91 Å². The first kappa shape index (κ1) is 23.1. The Morgan fingerprint density at radius 1 is 1.30 bits per heavy atom. The highest BCUT2D eigenvalue weighted by Gasteiger charge is 2.31. The molecule has 0 fully saturated rings. The highest BCUT2D eigenvalue weighted by Crippen LogP contribution is 2.20. The van der Waals surface area contributed by atoms with Crippen LogP contribution in [0.2, 0.25) is 5.02 Å². The highest BCUT2D eigenvalue weighted by molar-refractivity contribution is 6.30. The molecule has 0 saturated heterocycles. The van der Waals surface area contributed by atoms with Gasteiger partial charge in [-0.15, -0.1) is 0 Å². The summed E-state index contributed by atoms with van der Waals surface area (Å²) in [5.74, 6) is -1.69. The van der Waals surface area contributed by atoms with Crippen molar-refractivity contribution in [3.8, 4) is 0 Å². The van der Waals surface area contributed by atoms with Crippen molar-refractivity contribution in [2.45, 2.75) is 58.8 Å². The fraction of sp³-hybridized carbons (Fsp3) is 0.611. The van der Waals surface area contributed by atoms with E-state index >= 15 is 0 Å². The first-order chi connectivity index (χ1) is 12.2. The number of nitrogens with one attached hydrogen (secondary N) is 1. The molecule has 0 aromatic carbocycles. The quantitative estimate of drug-likeness (QED) is 0.813. The molecule has 1 rings (SSSR count). The molecule has 0 saturated carbocycles. The number of amides is 2. The minimum absolute atomic E-state index is 0.102. The average Bonchev–Trinajstić information content (AvgIpc) is 2.47. The van der Waals surface area contributed by atoms with Gasteiger partial charge in [-0.2, -0.15) is 0 Å². The molecule has 1 aromatic heterocycles. The Balaban J connectivity index is 3.01. The number of halogens is 2. The molecule has 0 aliphatic heterocycles. The van der Waals surface area contributed by atoms with E-state index < -0.39 is 35.1 Å². The number of rotatable bonds is 5. The third-order valence-corrected chi connectivity index (χ3v) is 3.31. The number of hydrogen-bond donors (Lipinski definition) is 1. The topological polar surface area (TPSA) is 80.8 Å². The molecule has 2 amide bonds. The van der Waals surface area contributed by atoms with E-state index in [1.54, 1.807) is 41.5 Å². The molecule has 1 heterocycles. The molecule has 0 aliphatic carbocycles. The standard InChI is InChI=1S/C18H27ClFN3O4/c1-17(2,3)22-16(25)27-13(10-26-18(4,5)6)15(24)23(7)14-12(20)8-11(19)9-21-14/h8-9,13H,10H2,1-7H3,(H,22,25)/t13-/m0/s1. The van der Waals surface area contributed by atoms with Crippen LogP contribution in [0.3, 0.4) is 0 Å². The zero-order valence-electron chi connectivity index (χ0n) is 16.7. The summed E-state index contributed by atoms with van der Waals surface area (Å²) >= 11 is 5.69. The largest absolute Gasteiger partial charge is 0.434 e. The molecule has 27 heavy (non-hydrogen) atoms. The van der Waals surface area contributed by atoms with Gasteiger partial charge in [-0.3, -0.25) is 9.69 Å². The maximum Gasteiger partial charge on any atom is 0.408 e. The summed E-state index contributed by atoms with van der Waals surface area (Å²) in [6.07, 6.45) is -0.845. The van der Waals surface area contributed by atoms with Gasteiger partial charge >= 0.3 is 6.09 Å². The van der Waals surface area contributed by atoms with Crippen molar-refractivity contribution in [1.29, 1.82) is 0 Å². The number of nitrogens with zero attached hydrogens (tertiary/aromatic N) is 2. The molecule has 0 radical (unpaired) electrons. The third-order valence-electron chi connectivity index (χ3n) is 3.11. The van der Waals surface area contributed by atoms with Crippen molar-refractivity contribution in [3.63, 3.8) is 0 Å². The van der Waals surface area contributed by atoms with Crippen LogP contribution in [0.5, 0.6) is 0 Å². The number of alkyl carbamates (subject to hydrolysis) is 1. The fourth-order valence-electron chi connectivity index (χ4n) is 1.92. The summed E-state index contributed by atoms with van der Waals surface area (Å²) in [5.41, 5.74) is -1.12. The zero-order chi connectivity index (χ0) is 21.0. The third kappa shape index (κ3) is 8.09. The van der Waals surface area contributed by atoms with Crippen LogP contribution in [0.25, 0.3) is 0 Å². The number of anilines is 1. The van der Waals surface area contributed by atoms with E-state index in [0.717, 1.165) is 11.0 Å². The Labute approximate surface area is 164 Å². The van der Waals surface area contributed by atoms with Crippen molar-refractivity contribution in [1.82, 2.24) is 10.3 Å². The Morgan fingerprint density at radius 2 is 1.89 bits per heavy atom. The van der Waals surface area contributed by atoms with Crippen molar-refractivity contribution in [2.24, 2.45) is 0 Å². The lowest BCUT2D eigenvalue weighted by Gasteiger charge is -2.28. The number of likely N-dealkylation sites (N-methyl/N-ethyl adjacent to an activating group) is 1. The predicted octanol–water partition coefficient (Wildman–Crippen LogP) is 3.55. The van der Waals surface area contributed by atoms with E-state index in [1.165, 1.54) is 13.2 Å². The number of hydrogen-bond acceptors (Lipinski definition) is 5. The van der Waals surface area contributed by atoms with Crippen LogP contribution in [0, 0.1) is 5.82 Å². The second-order valence-corrected chi connectivity index (χ2v) is 8.48. The van der Waals surface area contributed by atoms with Gasteiger partial charge in [0.15, 0.2) is 11.6 Å². The fourth-order valence-corrected chi connectivity index (χ4v) is 2.07. The van der Waals surface area contributed by atoms with Crippen molar-refractivity contribution in [2.75, 3.05) is 18.6 Å². The van der Waals surface area contributed by atoms with E-state index in [2.05, 4.69) is 10.3 Å². The second-order valence-electron chi connectivity index (χ2n) is 8.05. The molecular formula is C18H27ClFN3O4. The smallest absolute Gasteiger partial charge is 0.408 e. The van der Waals surface area contributed by atoms with Crippen LogP contribution < -0.4 is 10.2 Å². The normalized spacial score (nSPS) is 13.1. The van der Waals surface area contributed by atoms with Gasteiger partial charge in [0.2, 0.25) is 6.10 Å². The lowest BCUT2D eigenvalue weighted by molar-refractivity contribution is -0.133. The minimum Gasteiger partial charge on any atom is -0.434 e. The molecule has 0 aliphatic rings. The molecule has 1 atom stereocenters. The predicted molar refractivity (Wildman–Crippen MR) is 101 cm³/mol. The Kier molecular flexibility index (Phi) is 7.57. The van der Waals surface area contributed by atoms with Gasteiger partial charge in [-0.05, 0) is 47.6 Å². The van der Waals surface area contributed by atoms with Gasteiger partial charge in [0, 0.05) is 18.8 Å². The summed E-state index contributed by atoms with van der Waals surface area (Å²) < 4.78 is 24.9. The Morgan fingerprint density at radius 3 is 2.37 bits per heavy atom. The van der Waals surface area contributed by atoms with Crippen LogP contribution in [-0.2, 0) is 14.3 Å². The summed E-state index contributed by atoms with van der Waals surface area (Å²) in [6.45, 7) is 10.5. The molecule has 152 valence electrons. The highest BCUT2D eigenvalue weighted by atomic mass is 35.5. The van der Waals surface area contributed by atoms with E-state index in [9.17, 15) is 14.0 Å². The van der Waals surface area contributed by atoms with Crippen LogP contribution in [0.4, 0.5) is 15.0 Å². The van der Waals surface area contributed by atoms with E-state index in [0.29, 0.717) is 0 Å². The summed E-state index contributed by atoms with van der Waals surface area (Å²) in [6, 6.07) is 1.04. The lowest BCUT2D eigenvalue weighted by atomic mass is 10.1. The second kappa shape index (κ2) is 8.84. The molecule has 0 unspecified atom stereocenters. The molecule has 0 spiro atoms. The summed E-state index contributed by atoms with van der Waals surface area (Å²) in [7, 11) is 1.33. The van der Waals surface area contributed by atoms with Crippen LogP contribution in [0.15, 0.2) is 12.3 Å². The number of aromatic nitrogens is 1. The molecule has 9 heteroatoms. The van der Waals surface area contributed by atoms with Gasteiger partial charge in [-0.25, -0.2) is 14.2 Å². The summed E-state index contributed by atoms with van der Waals surface area (Å²) in [4.78, 5) is 29.7. The van der Waals surface area contributed by atoms with Crippen molar-refractivity contribution in [3.05, 3.63) is 23.1 Å².